The highest BCUT2D eigenvalue weighted by Gasteiger charge is 2.18. The van der Waals surface area contributed by atoms with E-state index in [4.69, 9.17) is 0 Å². The number of aryl methyl sites for hydroxylation is 1. The Hall–Kier alpha value is -3.19. The first-order valence-electron chi connectivity index (χ1n) is 9.01. The Bertz CT molecular complexity index is 1130. The van der Waals surface area contributed by atoms with Crippen LogP contribution in [0.5, 0.6) is 0 Å². The molecule has 3 aromatic rings. The third-order valence-electron chi connectivity index (χ3n) is 4.51. The Kier molecular flexibility index (Phi) is 5.98. The third kappa shape index (κ3) is 5.00. The Labute approximate surface area is 169 Å². The number of amides is 1. The number of hydrogen-bond acceptors (Lipinski definition) is 3. The Morgan fingerprint density at radius 2 is 1.66 bits per heavy atom. The summed E-state index contributed by atoms with van der Waals surface area (Å²) in [6, 6.07) is 18.2. The van der Waals surface area contributed by atoms with Gasteiger partial charge in [0.15, 0.2) is 0 Å². The number of rotatable bonds is 6. The standard InChI is InChI=1S/C22H21FN2O3S/c1-15-6-3-4-9-21(15)16(2)24-22(26)17-7-5-8-20(14-17)29(27,28)25-19-12-10-18(23)11-13-19/h3-14,16,25H,1-2H3,(H,24,26)/t16-/m1/s1. The van der Waals surface area contributed by atoms with Crippen molar-refractivity contribution in [3.63, 3.8) is 0 Å². The molecule has 150 valence electrons. The third-order valence-corrected chi connectivity index (χ3v) is 5.88. The second-order valence-corrected chi connectivity index (χ2v) is 8.37. The number of carbonyl (C=O) groups excluding carboxylic acids is 1. The number of anilines is 1. The van der Waals surface area contributed by atoms with E-state index in [1.54, 1.807) is 6.07 Å². The number of halogens is 1. The maximum atomic E-state index is 13.0. The fourth-order valence-corrected chi connectivity index (χ4v) is 4.07. The molecule has 0 fully saturated rings. The van der Waals surface area contributed by atoms with Gasteiger partial charge in [-0.25, -0.2) is 12.8 Å². The van der Waals surface area contributed by atoms with Gasteiger partial charge in [0.25, 0.3) is 15.9 Å². The molecule has 0 bridgehead atoms. The summed E-state index contributed by atoms with van der Waals surface area (Å²) in [4.78, 5) is 12.6. The van der Waals surface area contributed by atoms with Crippen LogP contribution in [0, 0.1) is 12.7 Å². The predicted octanol–water partition coefficient (Wildman–Crippen LogP) is 4.43. The largest absolute Gasteiger partial charge is 0.346 e. The van der Waals surface area contributed by atoms with Crippen LogP contribution in [0.2, 0.25) is 0 Å². The van der Waals surface area contributed by atoms with Crippen molar-refractivity contribution < 1.29 is 17.6 Å². The highest BCUT2D eigenvalue weighted by atomic mass is 32.2. The Morgan fingerprint density at radius 1 is 0.966 bits per heavy atom. The SMILES string of the molecule is Cc1ccccc1[C@@H](C)NC(=O)c1cccc(S(=O)(=O)Nc2ccc(F)cc2)c1. The molecule has 0 aliphatic carbocycles. The fraction of sp³-hybridized carbons (Fsp3) is 0.136. The highest BCUT2D eigenvalue weighted by molar-refractivity contribution is 7.92. The number of benzene rings is 3. The fourth-order valence-electron chi connectivity index (χ4n) is 2.97. The molecule has 7 heteroatoms. The molecule has 0 aliphatic rings. The van der Waals surface area contributed by atoms with Crippen molar-refractivity contribution >= 4 is 21.6 Å². The van der Waals surface area contributed by atoms with Crippen LogP contribution in [-0.4, -0.2) is 14.3 Å². The summed E-state index contributed by atoms with van der Waals surface area (Å²) >= 11 is 0. The molecule has 0 radical (unpaired) electrons. The van der Waals surface area contributed by atoms with Crippen molar-refractivity contribution in [2.24, 2.45) is 0 Å². The van der Waals surface area contributed by atoms with Crippen molar-refractivity contribution in [1.29, 1.82) is 0 Å². The van der Waals surface area contributed by atoms with Gasteiger partial charge in [-0.05, 0) is 67.4 Å². The van der Waals surface area contributed by atoms with Gasteiger partial charge in [0.2, 0.25) is 0 Å². The van der Waals surface area contributed by atoms with Crippen LogP contribution in [0.4, 0.5) is 10.1 Å². The maximum Gasteiger partial charge on any atom is 0.261 e. The molecule has 29 heavy (non-hydrogen) atoms. The van der Waals surface area contributed by atoms with E-state index in [1.807, 2.05) is 38.1 Å². The van der Waals surface area contributed by atoms with Crippen molar-refractivity contribution in [1.82, 2.24) is 5.32 Å². The summed E-state index contributed by atoms with van der Waals surface area (Å²) in [5.74, 6) is -0.839. The molecule has 2 N–H and O–H groups in total. The van der Waals surface area contributed by atoms with E-state index in [1.165, 1.54) is 30.3 Å². The van der Waals surface area contributed by atoms with Gasteiger partial charge in [-0.3, -0.25) is 9.52 Å². The van der Waals surface area contributed by atoms with E-state index >= 15 is 0 Å². The highest BCUT2D eigenvalue weighted by Crippen LogP contribution is 2.20. The molecule has 3 aromatic carbocycles. The van der Waals surface area contributed by atoms with Crippen LogP contribution in [-0.2, 0) is 10.0 Å². The lowest BCUT2D eigenvalue weighted by atomic mass is 10.0. The van der Waals surface area contributed by atoms with Crippen LogP contribution < -0.4 is 10.0 Å². The minimum atomic E-state index is -3.92. The van der Waals surface area contributed by atoms with Crippen LogP contribution in [0.15, 0.2) is 77.7 Å². The Balaban J connectivity index is 1.78. The van der Waals surface area contributed by atoms with Gasteiger partial charge >= 0.3 is 0 Å². The van der Waals surface area contributed by atoms with Crippen molar-refractivity contribution in [3.05, 3.63) is 95.3 Å². The van der Waals surface area contributed by atoms with Crippen LogP contribution >= 0.6 is 0 Å². The van der Waals surface area contributed by atoms with Crippen LogP contribution in [0.3, 0.4) is 0 Å². The predicted molar refractivity (Wildman–Crippen MR) is 111 cm³/mol. The van der Waals surface area contributed by atoms with E-state index in [0.29, 0.717) is 0 Å². The van der Waals surface area contributed by atoms with Crippen LogP contribution in [0.25, 0.3) is 0 Å². The van der Waals surface area contributed by atoms with Gasteiger partial charge < -0.3 is 5.32 Å². The summed E-state index contributed by atoms with van der Waals surface area (Å²) in [6.07, 6.45) is 0. The molecular weight excluding hydrogens is 391 g/mol. The molecule has 5 nitrogen and oxygen atoms in total. The second-order valence-electron chi connectivity index (χ2n) is 6.69. The minimum Gasteiger partial charge on any atom is -0.346 e. The minimum absolute atomic E-state index is 0.0574. The first-order valence-corrected chi connectivity index (χ1v) is 10.5. The molecule has 0 unspecified atom stereocenters. The number of carbonyl (C=O) groups is 1. The van der Waals surface area contributed by atoms with Crippen LogP contribution in [0.1, 0.15) is 34.5 Å². The van der Waals surface area contributed by atoms with Gasteiger partial charge in [0.05, 0.1) is 10.9 Å². The van der Waals surface area contributed by atoms with Crippen molar-refractivity contribution in [3.8, 4) is 0 Å². The molecule has 0 saturated carbocycles. The van der Waals surface area contributed by atoms with E-state index in [2.05, 4.69) is 10.0 Å². The molecule has 3 rings (SSSR count). The van der Waals surface area contributed by atoms with Gasteiger partial charge in [0.1, 0.15) is 5.82 Å². The van der Waals surface area contributed by atoms with Crippen molar-refractivity contribution in [2.45, 2.75) is 24.8 Å². The van der Waals surface area contributed by atoms with E-state index < -0.39 is 15.8 Å². The number of hydrogen-bond donors (Lipinski definition) is 2. The topological polar surface area (TPSA) is 75.3 Å². The second kappa shape index (κ2) is 8.45. The molecular formula is C22H21FN2O3S. The van der Waals surface area contributed by atoms with Gasteiger partial charge in [0, 0.05) is 11.3 Å². The molecule has 0 heterocycles. The smallest absolute Gasteiger partial charge is 0.261 e. The van der Waals surface area contributed by atoms with Gasteiger partial charge in [-0.1, -0.05) is 30.3 Å². The monoisotopic (exact) mass is 412 g/mol. The molecule has 0 spiro atoms. The first-order chi connectivity index (χ1) is 13.8. The zero-order chi connectivity index (χ0) is 21.0. The summed E-state index contributed by atoms with van der Waals surface area (Å²) in [5.41, 5.74) is 2.50. The zero-order valence-corrected chi connectivity index (χ0v) is 16.8. The molecule has 1 atom stereocenters. The number of sulfonamides is 1. The molecule has 0 aliphatic heterocycles. The van der Waals surface area contributed by atoms with Gasteiger partial charge in [-0.2, -0.15) is 0 Å². The zero-order valence-electron chi connectivity index (χ0n) is 16.0. The number of nitrogens with one attached hydrogen (secondary N) is 2. The van der Waals surface area contributed by atoms with E-state index in [0.717, 1.165) is 23.3 Å². The maximum absolute atomic E-state index is 13.0. The summed E-state index contributed by atoms with van der Waals surface area (Å²) in [7, 11) is -3.92. The lowest BCUT2D eigenvalue weighted by molar-refractivity contribution is 0.0939. The quantitative estimate of drug-likeness (QED) is 0.629. The van der Waals surface area contributed by atoms with Crippen molar-refractivity contribution in [2.75, 3.05) is 4.72 Å². The Morgan fingerprint density at radius 3 is 2.34 bits per heavy atom. The van der Waals surface area contributed by atoms with Gasteiger partial charge in [-0.15, -0.1) is 0 Å². The average molecular weight is 412 g/mol. The van der Waals surface area contributed by atoms with E-state index in [-0.39, 0.29) is 28.1 Å². The summed E-state index contributed by atoms with van der Waals surface area (Å²) in [6.45, 7) is 3.84. The lowest BCUT2D eigenvalue weighted by Gasteiger charge is -2.17. The molecule has 1 amide bonds. The average Bonchev–Trinajstić information content (AvgIpc) is 2.70. The molecule has 0 saturated heterocycles. The first kappa shape index (κ1) is 20.5. The summed E-state index contributed by atoms with van der Waals surface area (Å²) < 4.78 is 40.6. The lowest BCUT2D eigenvalue weighted by Crippen LogP contribution is -2.27. The molecule has 0 aromatic heterocycles. The normalized spacial score (nSPS) is 12.2. The summed E-state index contributed by atoms with van der Waals surface area (Å²) in [5, 5.41) is 2.89. The van der Waals surface area contributed by atoms with E-state index in [9.17, 15) is 17.6 Å².